The minimum Gasteiger partial charge on any atom is -0.444 e. The number of amides is 2. The monoisotopic (exact) mass is 284 g/mol. The zero-order valence-electron chi connectivity index (χ0n) is 13.4. The Bertz CT molecular complexity index is 353. The quantitative estimate of drug-likeness (QED) is 0.743. The van der Waals surface area contributed by atoms with E-state index in [2.05, 4.69) is 5.32 Å². The third-order valence-electron chi connectivity index (χ3n) is 3.74. The molecule has 2 rings (SSSR count). The van der Waals surface area contributed by atoms with Crippen molar-refractivity contribution in [2.24, 2.45) is 5.41 Å². The molecule has 0 bridgehead atoms. The van der Waals surface area contributed by atoms with E-state index in [0.717, 1.165) is 25.8 Å². The zero-order chi connectivity index (χ0) is 15.4. The molecule has 2 aliphatic heterocycles. The summed E-state index contributed by atoms with van der Waals surface area (Å²) < 4.78 is 5.34. The number of rotatable bonds is 0. The van der Waals surface area contributed by atoms with E-state index in [4.69, 9.17) is 4.74 Å². The minimum absolute atomic E-state index is 0.159. The summed E-state index contributed by atoms with van der Waals surface area (Å²) in [6.45, 7) is 11.6. The van der Waals surface area contributed by atoms with Gasteiger partial charge >= 0.3 is 6.09 Å². The Labute approximate surface area is 122 Å². The zero-order valence-corrected chi connectivity index (χ0v) is 13.4. The lowest BCUT2D eigenvalue weighted by Gasteiger charge is -2.37. The normalized spacial score (nSPS) is 21.1. The van der Waals surface area contributed by atoms with Crippen molar-refractivity contribution in [3.05, 3.63) is 0 Å². The van der Waals surface area contributed by atoms with Crippen LogP contribution in [0, 0.1) is 5.41 Å². The van der Waals surface area contributed by atoms with Gasteiger partial charge in [0.25, 0.3) is 0 Å². The van der Waals surface area contributed by atoms with Gasteiger partial charge in [-0.25, -0.2) is 4.79 Å². The van der Waals surface area contributed by atoms with Gasteiger partial charge in [0.2, 0.25) is 5.91 Å². The van der Waals surface area contributed by atoms with Gasteiger partial charge in [-0.2, -0.15) is 0 Å². The number of carbonyl (C=O) groups is 2. The molecular formula is C15H28N2O3. The Morgan fingerprint density at radius 1 is 1.20 bits per heavy atom. The molecule has 1 spiro atoms. The Hall–Kier alpha value is -1.26. The van der Waals surface area contributed by atoms with Crippen LogP contribution in [0.3, 0.4) is 0 Å². The second-order valence-electron chi connectivity index (χ2n) is 6.25. The number of nitrogens with zero attached hydrogens (tertiary/aromatic N) is 1. The number of carbonyl (C=O) groups excluding carboxylic acids is 2. The largest absolute Gasteiger partial charge is 0.444 e. The molecule has 116 valence electrons. The molecule has 2 heterocycles. The molecule has 2 amide bonds. The lowest BCUT2D eigenvalue weighted by Crippen LogP contribution is -2.47. The van der Waals surface area contributed by atoms with Crippen LogP contribution in [0.1, 0.15) is 53.9 Å². The summed E-state index contributed by atoms with van der Waals surface area (Å²) in [6, 6.07) is 0. The molecule has 0 aliphatic carbocycles. The highest BCUT2D eigenvalue weighted by molar-refractivity contribution is 5.85. The van der Waals surface area contributed by atoms with Crippen LogP contribution in [0.15, 0.2) is 0 Å². The summed E-state index contributed by atoms with van der Waals surface area (Å²) in [5, 5.41) is 2.89. The highest BCUT2D eigenvalue weighted by atomic mass is 16.6. The van der Waals surface area contributed by atoms with Gasteiger partial charge in [0.15, 0.2) is 0 Å². The van der Waals surface area contributed by atoms with Crippen molar-refractivity contribution in [3.8, 4) is 0 Å². The fraction of sp³-hybridized carbons (Fsp3) is 0.867. The molecule has 0 aromatic heterocycles. The van der Waals surface area contributed by atoms with E-state index in [0.29, 0.717) is 13.1 Å². The van der Waals surface area contributed by atoms with Crippen LogP contribution in [-0.4, -0.2) is 42.1 Å². The summed E-state index contributed by atoms with van der Waals surface area (Å²) in [5.41, 5.74) is -0.685. The van der Waals surface area contributed by atoms with Gasteiger partial charge in [0.1, 0.15) is 5.60 Å². The predicted molar refractivity (Wildman–Crippen MR) is 78.4 cm³/mol. The molecule has 0 aromatic rings. The SMILES string of the molecule is CC.CC(C)(C)OC(=O)N1CCC2(CCNC2=O)CC1. The second-order valence-corrected chi connectivity index (χ2v) is 6.25. The third kappa shape index (κ3) is 3.87. The maximum atomic E-state index is 11.9. The van der Waals surface area contributed by atoms with Gasteiger partial charge in [0.05, 0.1) is 5.41 Å². The van der Waals surface area contributed by atoms with E-state index in [1.807, 2.05) is 34.6 Å². The first kappa shape index (κ1) is 16.8. The van der Waals surface area contributed by atoms with Gasteiger partial charge in [-0.1, -0.05) is 13.8 Å². The van der Waals surface area contributed by atoms with Crippen LogP contribution >= 0.6 is 0 Å². The Balaban J connectivity index is 0.000000956. The first-order valence-electron chi connectivity index (χ1n) is 7.59. The van der Waals surface area contributed by atoms with Crippen molar-refractivity contribution in [1.29, 1.82) is 0 Å². The Kier molecular flexibility index (Phi) is 5.42. The topological polar surface area (TPSA) is 58.6 Å². The van der Waals surface area contributed by atoms with Crippen LogP contribution in [0.5, 0.6) is 0 Å². The average molecular weight is 284 g/mol. The van der Waals surface area contributed by atoms with Crippen LogP contribution in [0.4, 0.5) is 4.79 Å². The molecule has 0 radical (unpaired) electrons. The Morgan fingerprint density at radius 3 is 2.15 bits per heavy atom. The molecule has 2 fully saturated rings. The molecule has 20 heavy (non-hydrogen) atoms. The van der Waals surface area contributed by atoms with Crippen molar-refractivity contribution < 1.29 is 14.3 Å². The molecule has 0 unspecified atom stereocenters. The van der Waals surface area contributed by atoms with Crippen LogP contribution in [0.25, 0.3) is 0 Å². The standard InChI is InChI=1S/C13H22N2O3.C2H6/c1-12(2,3)18-11(17)15-8-5-13(6-9-15)4-7-14-10(13)16;1-2/h4-9H2,1-3H3,(H,14,16);1-2H3. The highest BCUT2D eigenvalue weighted by Gasteiger charge is 2.45. The number of hydrogen-bond donors (Lipinski definition) is 1. The van der Waals surface area contributed by atoms with Crippen LogP contribution in [-0.2, 0) is 9.53 Å². The average Bonchev–Trinajstić information content (AvgIpc) is 2.72. The van der Waals surface area contributed by atoms with E-state index < -0.39 is 5.60 Å². The summed E-state index contributed by atoms with van der Waals surface area (Å²) >= 11 is 0. The number of nitrogens with one attached hydrogen (secondary N) is 1. The molecule has 2 saturated heterocycles. The fourth-order valence-electron chi connectivity index (χ4n) is 2.64. The fourth-order valence-corrected chi connectivity index (χ4v) is 2.64. The smallest absolute Gasteiger partial charge is 0.410 e. The maximum Gasteiger partial charge on any atom is 0.410 e. The number of likely N-dealkylation sites (tertiary alicyclic amines) is 1. The van der Waals surface area contributed by atoms with E-state index in [1.165, 1.54) is 0 Å². The Morgan fingerprint density at radius 2 is 1.75 bits per heavy atom. The summed E-state index contributed by atoms with van der Waals surface area (Å²) in [5.74, 6) is 0.159. The number of piperidine rings is 1. The van der Waals surface area contributed by atoms with E-state index in [9.17, 15) is 9.59 Å². The summed E-state index contributed by atoms with van der Waals surface area (Å²) in [4.78, 5) is 25.4. The molecule has 2 aliphatic rings. The highest BCUT2D eigenvalue weighted by Crippen LogP contribution is 2.38. The van der Waals surface area contributed by atoms with Crippen molar-refractivity contribution in [3.63, 3.8) is 0 Å². The minimum atomic E-state index is -0.461. The molecule has 5 nitrogen and oxygen atoms in total. The van der Waals surface area contributed by atoms with Crippen molar-refractivity contribution in [2.45, 2.75) is 59.5 Å². The maximum absolute atomic E-state index is 11.9. The van der Waals surface area contributed by atoms with Gasteiger partial charge in [0, 0.05) is 19.6 Å². The molecule has 0 atom stereocenters. The molecule has 1 N–H and O–H groups in total. The lowest BCUT2D eigenvalue weighted by atomic mass is 9.77. The first-order chi connectivity index (χ1) is 9.32. The van der Waals surface area contributed by atoms with Gasteiger partial charge < -0.3 is 15.0 Å². The summed E-state index contributed by atoms with van der Waals surface area (Å²) in [7, 11) is 0. The first-order valence-corrected chi connectivity index (χ1v) is 7.59. The van der Waals surface area contributed by atoms with E-state index in [1.54, 1.807) is 4.90 Å². The molecule has 5 heteroatoms. The number of hydrogen-bond acceptors (Lipinski definition) is 3. The predicted octanol–water partition coefficient (Wildman–Crippen LogP) is 2.55. The van der Waals surface area contributed by atoms with Gasteiger partial charge in [-0.3, -0.25) is 4.79 Å². The van der Waals surface area contributed by atoms with Gasteiger partial charge in [-0.05, 0) is 40.0 Å². The molecular weight excluding hydrogens is 256 g/mol. The third-order valence-corrected chi connectivity index (χ3v) is 3.74. The molecule has 0 saturated carbocycles. The molecule has 0 aromatic carbocycles. The van der Waals surface area contributed by atoms with Crippen molar-refractivity contribution in [1.82, 2.24) is 10.2 Å². The second kappa shape index (κ2) is 6.46. The van der Waals surface area contributed by atoms with E-state index >= 15 is 0 Å². The van der Waals surface area contributed by atoms with E-state index in [-0.39, 0.29) is 17.4 Å². The van der Waals surface area contributed by atoms with Gasteiger partial charge in [-0.15, -0.1) is 0 Å². The lowest BCUT2D eigenvalue weighted by molar-refractivity contribution is -0.130. The number of ether oxygens (including phenoxy) is 1. The summed E-state index contributed by atoms with van der Waals surface area (Å²) in [6.07, 6.45) is 2.13. The van der Waals surface area contributed by atoms with Crippen LogP contribution < -0.4 is 5.32 Å². The van der Waals surface area contributed by atoms with Crippen molar-refractivity contribution in [2.75, 3.05) is 19.6 Å². The van der Waals surface area contributed by atoms with Crippen LogP contribution in [0.2, 0.25) is 0 Å². The van der Waals surface area contributed by atoms with Crippen molar-refractivity contribution >= 4 is 12.0 Å².